The van der Waals surface area contributed by atoms with Gasteiger partial charge in [0, 0.05) is 11.4 Å². The minimum atomic E-state index is 0.00654. The summed E-state index contributed by atoms with van der Waals surface area (Å²) in [6, 6.07) is 15.9. The molecule has 0 aliphatic rings. The van der Waals surface area contributed by atoms with Gasteiger partial charge in [0.2, 0.25) is 0 Å². The van der Waals surface area contributed by atoms with Crippen molar-refractivity contribution < 1.29 is 9.53 Å². The topological polar surface area (TPSA) is 38.3 Å². The fourth-order valence-electron chi connectivity index (χ4n) is 2.57. The molecule has 1 amide bonds. The fraction of sp³-hybridized carbons (Fsp3) is 0.381. The zero-order chi connectivity index (χ0) is 17.9. The lowest BCUT2D eigenvalue weighted by Crippen LogP contribution is -2.25. The van der Waals surface area contributed by atoms with Crippen molar-refractivity contribution >= 4 is 17.7 Å². The minimum Gasteiger partial charge on any atom is -0.493 e. The van der Waals surface area contributed by atoms with E-state index in [0.29, 0.717) is 6.54 Å². The molecule has 25 heavy (non-hydrogen) atoms. The van der Waals surface area contributed by atoms with Crippen LogP contribution in [0.15, 0.2) is 53.4 Å². The maximum Gasteiger partial charge on any atom is 0.252 e. The number of aryl methyl sites for hydroxylation is 1. The molecule has 0 spiro atoms. The van der Waals surface area contributed by atoms with E-state index in [9.17, 15) is 4.79 Å². The SMILES string of the molecule is CCCOc1ccccc1CCCNC(=O)c1ccccc1SCC. The Kier molecular flexibility index (Phi) is 8.40. The third kappa shape index (κ3) is 6.13. The summed E-state index contributed by atoms with van der Waals surface area (Å²) in [5, 5.41) is 3.04. The van der Waals surface area contributed by atoms with Gasteiger partial charge in [-0.05, 0) is 48.8 Å². The Labute approximate surface area is 155 Å². The summed E-state index contributed by atoms with van der Waals surface area (Å²) in [5.74, 6) is 1.92. The number of rotatable bonds is 10. The lowest BCUT2D eigenvalue weighted by molar-refractivity contribution is 0.0950. The van der Waals surface area contributed by atoms with Gasteiger partial charge in [-0.3, -0.25) is 4.79 Å². The number of ether oxygens (including phenoxy) is 1. The van der Waals surface area contributed by atoms with Crippen molar-refractivity contribution in [1.82, 2.24) is 5.32 Å². The fourth-order valence-corrected chi connectivity index (χ4v) is 3.38. The number of hydrogen-bond acceptors (Lipinski definition) is 3. The zero-order valence-corrected chi connectivity index (χ0v) is 15.9. The van der Waals surface area contributed by atoms with Gasteiger partial charge in [-0.15, -0.1) is 11.8 Å². The lowest BCUT2D eigenvalue weighted by Gasteiger charge is -2.12. The number of amides is 1. The second kappa shape index (κ2) is 10.8. The molecule has 134 valence electrons. The van der Waals surface area contributed by atoms with Gasteiger partial charge in [0.25, 0.3) is 5.91 Å². The van der Waals surface area contributed by atoms with Crippen LogP contribution < -0.4 is 10.1 Å². The lowest BCUT2D eigenvalue weighted by atomic mass is 10.1. The molecule has 2 rings (SSSR count). The van der Waals surface area contributed by atoms with Crippen LogP contribution in [0.3, 0.4) is 0 Å². The van der Waals surface area contributed by atoms with Crippen LogP contribution >= 0.6 is 11.8 Å². The Bertz CT molecular complexity index is 672. The molecule has 0 unspecified atom stereocenters. The standard InChI is InChI=1S/C21H27NO2S/c1-3-16-24-19-13-7-5-10-17(19)11-9-15-22-21(23)18-12-6-8-14-20(18)25-4-2/h5-8,10,12-14H,3-4,9,11,15-16H2,1-2H3,(H,22,23). The zero-order valence-electron chi connectivity index (χ0n) is 15.1. The first-order valence-electron chi connectivity index (χ1n) is 8.97. The molecule has 4 heteroatoms. The van der Waals surface area contributed by atoms with Crippen LogP contribution in [0.4, 0.5) is 0 Å². The van der Waals surface area contributed by atoms with Gasteiger partial charge in [0.15, 0.2) is 0 Å². The van der Waals surface area contributed by atoms with E-state index >= 15 is 0 Å². The van der Waals surface area contributed by atoms with Crippen LogP contribution in [-0.4, -0.2) is 24.8 Å². The highest BCUT2D eigenvalue weighted by atomic mass is 32.2. The predicted octanol–water partition coefficient (Wildman–Crippen LogP) is 4.95. The van der Waals surface area contributed by atoms with E-state index in [1.54, 1.807) is 11.8 Å². The summed E-state index contributed by atoms with van der Waals surface area (Å²) in [4.78, 5) is 13.5. The maximum atomic E-state index is 12.4. The van der Waals surface area contributed by atoms with Crippen molar-refractivity contribution in [2.24, 2.45) is 0 Å². The van der Waals surface area contributed by atoms with E-state index < -0.39 is 0 Å². The van der Waals surface area contributed by atoms with Gasteiger partial charge in [-0.25, -0.2) is 0 Å². The molecule has 0 atom stereocenters. The Morgan fingerprint density at radius 3 is 2.64 bits per heavy atom. The van der Waals surface area contributed by atoms with Crippen molar-refractivity contribution in [3.05, 3.63) is 59.7 Å². The number of thioether (sulfide) groups is 1. The molecule has 2 aromatic rings. The van der Waals surface area contributed by atoms with E-state index in [-0.39, 0.29) is 5.91 Å². The van der Waals surface area contributed by atoms with E-state index in [4.69, 9.17) is 4.74 Å². The first-order chi connectivity index (χ1) is 12.3. The number of nitrogens with one attached hydrogen (secondary N) is 1. The molecule has 0 aliphatic heterocycles. The molecule has 0 heterocycles. The van der Waals surface area contributed by atoms with Crippen molar-refractivity contribution in [2.45, 2.75) is 38.0 Å². The van der Waals surface area contributed by atoms with E-state index in [2.05, 4.69) is 25.2 Å². The van der Waals surface area contributed by atoms with Crippen LogP contribution in [0.2, 0.25) is 0 Å². The Hall–Kier alpha value is -1.94. The Balaban J connectivity index is 1.84. The van der Waals surface area contributed by atoms with Crippen LogP contribution in [0.1, 0.15) is 42.6 Å². The van der Waals surface area contributed by atoms with Gasteiger partial charge in [0.1, 0.15) is 5.75 Å². The smallest absolute Gasteiger partial charge is 0.252 e. The van der Waals surface area contributed by atoms with Gasteiger partial charge in [0.05, 0.1) is 12.2 Å². The molecular weight excluding hydrogens is 330 g/mol. The summed E-state index contributed by atoms with van der Waals surface area (Å²) in [5.41, 5.74) is 1.97. The third-order valence-electron chi connectivity index (χ3n) is 3.77. The number of hydrogen-bond donors (Lipinski definition) is 1. The molecule has 0 saturated heterocycles. The molecule has 2 aromatic carbocycles. The van der Waals surface area contributed by atoms with Crippen LogP contribution in [-0.2, 0) is 6.42 Å². The third-order valence-corrected chi connectivity index (χ3v) is 4.73. The molecule has 0 aromatic heterocycles. The second-order valence-electron chi connectivity index (χ2n) is 5.74. The number of carbonyl (C=O) groups excluding carboxylic acids is 1. The predicted molar refractivity (Wildman–Crippen MR) is 106 cm³/mol. The monoisotopic (exact) mass is 357 g/mol. The summed E-state index contributed by atoms with van der Waals surface area (Å²) in [7, 11) is 0. The highest BCUT2D eigenvalue weighted by molar-refractivity contribution is 7.99. The van der Waals surface area contributed by atoms with Crippen LogP contribution in [0, 0.1) is 0 Å². The molecule has 1 N–H and O–H groups in total. The quantitative estimate of drug-likeness (QED) is 0.483. The molecule has 0 fully saturated rings. The van der Waals surface area contributed by atoms with Gasteiger partial charge < -0.3 is 10.1 Å². The number of benzene rings is 2. The molecule has 0 saturated carbocycles. The van der Waals surface area contributed by atoms with Crippen LogP contribution in [0.5, 0.6) is 5.75 Å². The van der Waals surface area contributed by atoms with Gasteiger partial charge >= 0.3 is 0 Å². The molecular formula is C21H27NO2S. The van der Waals surface area contributed by atoms with Gasteiger partial charge in [-0.1, -0.05) is 44.2 Å². The first kappa shape index (κ1) is 19.4. The Morgan fingerprint density at radius 2 is 1.84 bits per heavy atom. The molecule has 0 radical (unpaired) electrons. The van der Waals surface area contributed by atoms with Crippen LogP contribution in [0.25, 0.3) is 0 Å². The first-order valence-corrected chi connectivity index (χ1v) is 9.95. The summed E-state index contributed by atoms with van der Waals surface area (Å²) >= 11 is 1.70. The van der Waals surface area contributed by atoms with E-state index in [1.165, 1.54) is 5.56 Å². The summed E-state index contributed by atoms with van der Waals surface area (Å²) in [6.45, 7) is 5.59. The van der Waals surface area contributed by atoms with Gasteiger partial charge in [-0.2, -0.15) is 0 Å². The number of para-hydroxylation sites is 1. The highest BCUT2D eigenvalue weighted by Gasteiger charge is 2.10. The van der Waals surface area contributed by atoms with Crippen molar-refractivity contribution in [3.8, 4) is 5.75 Å². The molecule has 0 aliphatic carbocycles. The minimum absolute atomic E-state index is 0.00654. The number of carbonyl (C=O) groups is 1. The summed E-state index contributed by atoms with van der Waals surface area (Å²) in [6.07, 6.45) is 2.78. The molecule has 0 bridgehead atoms. The summed E-state index contributed by atoms with van der Waals surface area (Å²) < 4.78 is 5.79. The normalized spacial score (nSPS) is 10.5. The van der Waals surface area contributed by atoms with E-state index in [0.717, 1.165) is 47.8 Å². The highest BCUT2D eigenvalue weighted by Crippen LogP contribution is 2.22. The largest absolute Gasteiger partial charge is 0.493 e. The Morgan fingerprint density at radius 1 is 1.08 bits per heavy atom. The second-order valence-corrected chi connectivity index (χ2v) is 7.05. The van der Waals surface area contributed by atoms with E-state index in [1.807, 2.05) is 42.5 Å². The van der Waals surface area contributed by atoms with Crippen molar-refractivity contribution in [3.63, 3.8) is 0 Å². The maximum absolute atomic E-state index is 12.4. The average Bonchev–Trinajstić information content (AvgIpc) is 2.65. The van der Waals surface area contributed by atoms with Crippen molar-refractivity contribution in [1.29, 1.82) is 0 Å². The average molecular weight is 358 g/mol. The molecule has 3 nitrogen and oxygen atoms in total. The van der Waals surface area contributed by atoms with Crippen molar-refractivity contribution in [2.75, 3.05) is 18.9 Å².